The Labute approximate surface area is 149 Å². The molecule has 1 unspecified atom stereocenters. The summed E-state index contributed by atoms with van der Waals surface area (Å²) >= 11 is 0. The summed E-state index contributed by atoms with van der Waals surface area (Å²) in [6.45, 7) is 3.35. The van der Waals surface area contributed by atoms with E-state index in [-0.39, 0.29) is 12.6 Å². The van der Waals surface area contributed by atoms with E-state index in [0.717, 1.165) is 6.26 Å². The lowest BCUT2D eigenvalue weighted by molar-refractivity contribution is -0.116. The molecule has 1 aromatic carbocycles. The summed E-state index contributed by atoms with van der Waals surface area (Å²) in [5.74, 6) is 0.721. The number of hydrogen-bond acceptors (Lipinski definition) is 6. The van der Waals surface area contributed by atoms with Crippen LogP contribution in [0.25, 0.3) is 0 Å². The molecular formula is C16H26N2O6S. The smallest absolute Gasteiger partial charge is 0.239 e. The minimum atomic E-state index is -3.50. The van der Waals surface area contributed by atoms with Gasteiger partial charge < -0.3 is 19.5 Å². The van der Waals surface area contributed by atoms with E-state index >= 15 is 0 Å². The van der Waals surface area contributed by atoms with Crippen molar-refractivity contribution in [2.24, 2.45) is 0 Å². The number of nitrogens with one attached hydrogen (secondary N) is 1. The van der Waals surface area contributed by atoms with Crippen LogP contribution in [0.1, 0.15) is 20.3 Å². The highest BCUT2D eigenvalue weighted by atomic mass is 32.2. The molecule has 1 amide bonds. The van der Waals surface area contributed by atoms with E-state index in [9.17, 15) is 13.2 Å². The molecule has 9 heteroatoms. The van der Waals surface area contributed by atoms with Gasteiger partial charge in [0.15, 0.2) is 11.5 Å². The third-order valence-corrected chi connectivity index (χ3v) is 5.10. The van der Waals surface area contributed by atoms with Gasteiger partial charge in [-0.25, -0.2) is 8.42 Å². The Bertz CT molecular complexity index is 680. The highest BCUT2D eigenvalue weighted by Crippen LogP contribution is 2.39. The molecule has 0 radical (unpaired) electrons. The SMILES string of the molecule is CCC(C)N(CC(=O)Nc1cc(OC)c(OC)c(OC)c1)S(C)(=O)=O. The molecule has 0 spiro atoms. The molecule has 0 heterocycles. The van der Waals surface area contributed by atoms with E-state index in [1.807, 2.05) is 6.92 Å². The average Bonchev–Trinajstić information content (AvgIpc) is 2.56. The van der Waals surface area contributed by atoms with E-state index in [4.69, 9.17) is 14.2 Å². The second kappa shape index (κ2) is 8.91. The van der Waals surface area contributed by atoms with Crippen LogP contribution in [0.15, 0.2) is 12.1 Å². The van der Waals surface area contributed by atoms with Crippen molar-refractivity contribution in [3.63, 3.8) is 0 Å². The quantitative estimate of drug-likeness (QED) is 0.707. The van der Waals surface area contributed by atoms with Crippen molar-refractivity contribution in [2.75, 3.05) is 39.4 Å². The fourth-order valence-electron chi connectivity index (χ4n) is 2.30. The van der Waals surface area contributed by atoms with Crippen molar-refractivity contribution in [1.29, 1.82) is 0 Å². The highest BCUT2D eigenvalue weighted by molar-refractivity contribution is 7.88. The Kier molecular flexibility index (Phi) is 7.50. The third kappa shape index (κ3) is 5.50. The number of hydrogen-bond donors (Lipinski definition) is 1. The number of carbonyl (C=O) groups is 1. The van der Waals surface area contributed by atoms with Gasteiger partial charge in [-0.2, -0.15) is 4.31 Å². The van der Waals surface area contributed by atoms with Crippen LogP contribution in [0.2, 0.25) is 0 Å². The number of anilines is 1. The van der Waals surface area contributed by atoms with Crippen LogP contribution in [0, 0.1) is 0 Å². The van der Waals surface area contributed by atoms with Crippen LogP contribution in [0.5, 0.6) is 17.2 Å². The molecule has 142 valence electrons. The Balaban J connectivity index is 3.03. The molecule has 0 fully saturated rings. The van der Waals surface area contributed by atoms with Crippen molar-refractivity contribution in [3.05, 3.63) is 12.1 Å². The summed E-state index contributed by atoms with van der Waals surface area (Å²) in [6, 6.07) is 2.88. The zero-order chi connectivity index (χ0) is 19.2. The van der Waals surface area contributed by atoms with Crippen LogP contribution >= 0.6 is 0 Å². The number of benzene rings is 1. The Hall–Kier alpha value is -2.00. The number of sulfonamides is 1. The van der Waals surface area contributed by atoms with Gasteiger partial charge >= 0.3 is 0 Å². The van der Waals surface area contributed by atoms with Crippen molar-refractivity contribution in [1.82, 2.24) is 4.31 Å². The third-order valence-electron chi connectivity index (χ3n) is 3.76. The molecular weight excluding hydrogens is 348 g/mol. The fraction of sp³-hybridized carbons (Fsp3) is 0.562. The van der Waals surface area contributed by atoms with Gasteiger partial charge in [-0.1, -0.05) is 6.92 Å². The average molecular weight is 374 g/mol. The van der Waals surface area contributed by atoms with Crippen LogP contribution in [0.4, 0.5) is 5.69 Å². The first-order valence-electron chi connectivity index (χ1n) is 7.74. The van der Waals surface area contributed by atoms with Crippen LogP contribution < -0.4 is 19.5 Å². The summed E-state index contributed by atoms with van der Waals surface area (Å²) in [6.07, 6.45) is 1.69. The van der Waals surface area contributed by atoms with Gasteiger partial charge in [0.25, 0.3) is 0 Å². The number of ether oxygens (including phenoxy) is 3. The summed E-state index contributed by atoms with van der Waals surface area (Å²) in [5.41, 5.74) is 0.414. The molecule has 1 aromatic rings. The molecule has 25 heavy (non-hydrogen) atoms. The Morgan fingerprint density at radius 3 is 2.04 bits per heavy atom. The minimum Gasteiger partial charge on any atom is -0.493 e. The molecule has 1 N–H and O–H groups in total. The zero-order valence-corrected chi connectivity index (χ0v) is 16.3. The lowest BCUT2D eigenvalue weighted by Gasteiger charge is -2.25. The second-order valence-corrected chi connectivity index (χ2v) is 7.46. The first-order chi connectivity index (χ1) is 11.7. The minimum absolute atomic E-state index is 0.273. The first kappa shape index (κ1) is 21.0. The normalized spacial score (nSPS) is 12.6. The van der Waals surface area contributed by atoms with Crippen molar-refractivity contribution < 1.29 is 27.4 Å². The topological polar surface area (TPSA) is 94.2 Å². The van der Waals surface area contributed by atoms with E-state index in [0.29, 0.717) is 29.4 Å². The van der Waals surface area contributed by atoms with E-state index < -0.39 is 15.9 Å². The maximum Gasteiger partial charge on any atom is 0.239 e. The van der Waals surface area contributed by atoms with Crippen LogP contribution in [-0.4, -0.2) is 58.8 Å². The van der Waals surface area contributed by atoms with Crippen molar-refractivity contribution in [3.8, 4) is 17.2 Å². The van der Waals surface area contributed by atoms with E-state index in [1.54, 1.807) is 19.1 Å². The molecule has 0 saturated heterocycles. The Morgan fingerprint density at radius 2 is 1.68 bits per heavy atom. The lowest BCUT2D eigenvalue weighted by Crippen LogP contribution is -2.42. The predicted molar refractivity (Wildman–Crippen MR) is 96.0 cm³/mol. The van der Waals surface area contributed by atoms with Gasteiger partial charge in [-0.3, -0.25) is 4.79 Å². The molecule has 1 rings (SSSR count). The van der Waals surface area contributed by atoms with Gasteiger partial charge in [-0.15, -0.1) is 0 Å². The number of carbonyl (C=O) groups excluding carboxylic acids is 1. The first-order valence-corrected chi connectivity index (χ1v) is 9.59. The number of nitrogens with zero attached hydrogens (tertiary/aromatic N) is 1. The number of methoxy groups -OCH3 is 3. The highest BCUT2D eigenvalue weighted by Gasteiger charge is 2.25. The molecule has 0 aliphatic heterocycles. The maximum absolute atomic E-state index is 12.3. The zero-order valence-electron chi connectivity index (χ0n) is 15.5. The molecule has 1 atom stereocenters. The predicted octanol–water partition coefficient (Wildman–Crippen LogP) is 1.71. The van der Waals surface area contributed by atoms with Crippen LogP contribution in [-0.2, 0) is 14.8 Å². The molecule has 0 bridgehead atoms. The monoisotopic (exact) mass is 374 g/mol. The fourth-order valence-corrected chi connectivity index (χ4v) is 3.45. The number of amides is 1. The molecule has 0 aromatic heterocycles. The van der Waals surface area contributed by atoms with Crippen molar-refractivity contribution in [2.45, 2.75) is 26.3 Å². The summed E-state index contributed by atoms with van der Waals surface area (Å²) in [7, 11) is 0.923. The summed E-state index contributed by atoms with van der Waals surface area (Å²) in [5, 5.41) is 2.66. The largest absolute Gasteiger partial charge is 0.493 e. The van der Waals surface area contributed by atoms with E-state index in [1.165, 1.54) is 25.6 Å². The molecule has 8 nitrogen and oxygen atoms in total. The summed E-state index contributed by atoms with van der Waals surface area (Å²) < 4.78 is 40.6. The molecule has 0 saturated carbocycles. The standard InChI is InChI=1S/C16H26N2O6S/c1-7-11(2)18(25(6,20)21)10-15(19)17-12-8-13(22-3)16(24-5)14(9-12)23-4/h8-9,11H,7,10H2,1-6H3,(H,17,19). The van der Waals surface area contributed by atoms with Gasteiger partial charge in [0.2, 0.25) is 21.7 Å². The number of rotatable bonds is 9. The maximum atomic E-state index is 12.3. The molecule has 0 aliphatic rings. The second-order valence-electron chi connectivity index (χ2n) is 5.53. The van der Waals surface area contributed by atoms with Gasteiger partial charge in [0.05, 0.1) is 34.1 Å². The molecule has 0 aliphatic carbocycles. The van der Waals surface area contributed by atoms with E-state index in [2.05, 4.69) is 5.32 Å². The van der Waals surface area contributed by atoms with Crippen molar-refractivity contribution >= 4 is 21.6 Å². The lowest BCUT2D eigenvalue weighted by atomic mass is 10.2. The van der Waals surface area contributed by atoms with Gasteiger partial charge in [0, 0.05) is 23.9 Å². The van der Waals surface area contributed by atoms with Gasteiger partial charge in [0.1, 0.15) is 0 Å². The van der Waals surface area contributed by atoms with Gasteiger partial charge in [-0.05, 0) is 13.3 Å². The van der Waals surface area contributed by atoms with Crippen LogP contribution in [0.3, 0.4) is 0 Å². The Morgan fingerprint density at radius 1 is 1.16 bits per heavy atom. The summed E-state index contributed by atoms with van der Waals surface area (Å²) in [4.78, 5) is 12.3.